The van der Waals surface area contributed by atoms with Crippen LogP contribution >= 0.6 is 0 Å². The van der Waals surface area contributed by atoms with Crippen molar-refractivity contribution in [1.29, 1.82) is 0 Å². The SMILES string of the molecule is CC(NCc1cc(F)cc2cccnc12)C(C)n1cccn1. The van der Waals surface area contributed by atoms with Gasteiger partial charge in [0.05, 0.1) is 11.6 Å². The lowest BCUT2D eigenvalue weighted by molar-refractivity contribution is 0.365. The maximum atomic E-state index is 13.7. The van der Waals surface area contributed by atoms with E-state index in [2.05, 4.69) is 29.2 Å². The molecule has 2 atom stereocenters. The van der Waals surface area contributed by atoms with Crippen LogP contribution in [-0.4, -0.2) is 20.8 Å². The van der Waals surface area contributed by atoms with Gasteiger partial charge in [-0.1, -0.05) is 6.07 Å². The van der Waals surface area contributed by atoms with Gasteiger partial charge in [-0.05, 0) is 43.7 Å². The van der Waals surface area contributed by atoms with Gasteiger partial charge in [0.15, 0.2) is 0 Å². The fourth-order valence-electron chi connectivity index (χ4n) is 2.55. The maximum absolute atomic E-state index is 13.7. The van der Waals surface area contributed by atoms with E-state index in [1.165, 1.54) is 6.07 Å². The van der Waals surface area contributed by atoms with Crippen molar-refractivity contribution >= 4 is 10.9 Å². The molecule has 2 unspecified atom stereocenters. The van der Waals surface area contributed by atoms with Crippen LogP contribution in [0.25, 0.3) is 10.9 Å². The second kappa shape index (κ2) is 6.23. The highest BCUT2D eigenvalue weighted by Gasteiger charge is 2.14. The van der Waals surface area contributed by atoms with Gasteiger partial charge < -0.3 is 5.32 Å². The Kier molecular flexibility index (Phi) is 4.15. The van der Waals surface area contributed by atoms with Crippen LogP contribution in [0.5, 0.6) is 0 Å². The molecule has 2 aromatic heterocycles. The Balaban J connectivity index is 1.76. The smallest absolute Gasteiger partial charge is 0.124 e. The van der Waals surface area contributed by atoms with E-state index < -0.39 is 0 Å². The molecule has 114 valence electrons. The topological polar surface area (TPSA) is 42.7 Å². The summed E-state index contributed by atoms with van der Waals surface area (Å²) in [4.78, 5) is 4.37. The Bertz CT molecular complexity index is 754. The molecule has 0 fully saturated rings. The van der Waals surface area contributed by atoms with Crippen LogP contribution in [0.4, 0.5) is 4.39 Å². The van der Waals surface area contributed by atoms with Gasteiger partial charge in [0.2, 0.25) is 0 Å². The third-order valence-electron chi connectivity index (χ3n) is 4.03. The lowest BCUT2D eigenvalue weighted by Crippen LogP contribution is -2.33. The Hall–Kier alpha value is -2.27. The van der Waals surface area contributed by atoms with E-state index >= 15 is 0 Å². The first-order valence-electron chi connectivity index (χ1n) is 7.41. The summed E-state index contributed by atoms with van der Waals surface area (Å²) in [5.41, 5.74) is 1.71. The third-order valence-corrected chi connectivity index (χ3v) is 4.03. The minimum Gasteiger partial charge on any atom is -0.308 e. The standard InChI is InChI=1S/C17H19FN4/c1-12(13(2)22-8-4-7-21-22)20-11-15-10-16(18)9-14-5-3-6-19-17(14)15/h3-10,12-13,20H,11H2,1-2H3. The highest BCUT2D eigenvalue weighted by atomic mass is 19.1. The van der Waals surface area contributed by atoms with Crippen molar-refractivity contribution < 1.29 is 4.39 Å². The van der Waals surface area contributed by atoms with Gasteiger partial charge in [0.1, 0.15) is 5.82 Å². The number of rotatable bonds is 5. The Morgan fingerprint density at radius 3 is 2.86 bits per heavy atom. The molecule has 22 heavy (non-hydrogen) atoms. The summed E-state index contributed by atoms with van der Waals surface area (Å²) in [6.45, 7) is 4.77. The summed E-state index contributed by atoms with van der Waals surface area (Å²) in [6.07, 6.45) is 5.45. The monoisotopic (exact) mass is 298 g/mol. The highest BCUT2D eigenvalue weighted by Crippen LogP contribution is 2.19. The Morgan fingerprint density at radius 2 is 2.09 bits per heavy atom. The summed E-state index contributed by atoms with van der Waals surface area (Å²) in [7, 11) is 0. The number of fused-ring (bicyclic) bond motifs is 1. The molecule has 0 aliphatic heterocycles. The number of pyridine rings is 1. The largest absolute Gasteiger partial charge is 0.308 e. The number of aromatic nitrogens is 3. The molecule has 0 saturated heterocycles. The van der Waals surface area contributed by atoms with Crippen molar-refractivity contribution in [3.8, 4) is 0 Å². The maximum Gasteiger partial charge on any atom is 0.124 e. The molecule has 0 radical (unpaired) electrons. The van der Waals surface area contributed by atoms with Gasteiger partial charge in [0.25, 0.3) is 0 Å². The molecular weight excluding hydrogens is 279 g/mol. The summed E-state index contributed by atoms with van der Waals surface area (Å²) in [5.74, 6) is -0.231. The molecule has 0 spiro atoms. The minimum atomic E-state index is -0.231. The quantitative estimate of drug-likeness (QED) is 0.786. The zero-order valence-electron chi connectivity index (χ0n) is 12.7. The fourth-order valence-corrected chi connectivity index (χ4v) is 2.55. The van der Waals surface area contributed by atoms with Crippen LogP contribution in [-0.2, 0) is 6.54 Å². The summed E-state index contributed by atoms with van der Waals surface area (Å²) in [5, 5.41) is 8.53. The van der Waals surface area contributed by atoms with Crippen LogP contribution in [0.3, 0.4) is 0 Å². The lowest BCUT2D eigenvalue weighted by Gasteiger charge is -2.22. The van der Waals surface area contributed by atoms with Crippen molar-refractivity contribution in [2.24, 2.45) is 0 Å². The van der Waals surface area contributed by atoms with Crippen molar-refractivity contribution in [2.75, 3.05) is 0 Å². The van der Waals surface area contributed by atoms with Crippen LogP contribution in [0.15, 0.2) is 48.9 Å². The van der Waals surface area contributed by atoms with Crippen molar-refractivity contribution in [3.05, 3.63) is 60.3 Å². The lowest BCUT2D eigenvalue weighted by atomic mass is 10.1. The molecule has 0 saturated carbocycles. The molecule has 3 aromatic rings. The van der Waals surface area contributed by atoms with Crippen molar-refractivity contribution in [2.45, 2.75) is 32.5 Å². The average molecular weight is 298 g/mol. The van der Waals surface area contributed by atoms with Crippen LogP contribution in [0.2, 0.25) is 0 Å². The molecule has 3 rings (SSSR count). The molecule has 0 amide bonds. The van der Waals surface area contributed by atoms with Crippen LogP contribution < -0.4 is 5.32 Å². The first-order valence-corrected chi connectivity index (χ1v) is 7.41. The van der Waals surface area contributed by atoms with Crippen LogP contribution in [0.1, 0.15) is 25.5 Å². The van der Waals surface area contributed by atoms with Gasteiger partial charge in [-0.15, -0.1) is 0 Å². The molecule has 4 nitrogen and oxygen atoms in total. The number of benzene rings is 1. The van der Waals surface area contributed by atoms with E-state index in [0.29, 0.717) is 6.54 Å². The van der Waals surface area contributed by atoms with Crippen molar-refractivity contribution in [1.82, 2.24) is 20.1 Å². The average Bonchev–Trinajstić information content (AvgIpc) is 3.05. The predicted molar refractivity (Wildman–Crippen MR) is 84.9 cm³/mol. The normalized spacial score (nSPS) is 14.1. The zero-order valence-corrected chi connectivity index (χ0v) is 12.7. The molecule has 2 heterocycles. The molecule has 1 N–H and O–H groups in total. The minimum absolute atomic E-state index is 0.196. The van der Waals surface area contributed by atoms with Gasteiger partial charge in [-0.2, -0.15) is 5.10 Å². The van der Waals surface area contributed by atoms with Gasteiger partial charge in [0, 0.05) is 36.6 Å². The second-order valence-electron chi connectivity index (χ2n) is 5.54. The fraction of sp³-hybridized carbons (Fsp3) is 0.294. The van der Waals surface area contributed by atoms with E-state index in [9.17, 15) is 4.39 Å². The summed E-state index contributed by atoms with van der Waals surface area (Å²) in [6, 6.07) is 9.08. The Morgan fingerprint density at radius 1 is 1.23 bits per heavy atom. The third kappa shape index (κ3) is 2.99. The zero-order chi connectivity index (χ0) is 15.5. The van der Waals surface area contributed by atoms with Gasteiger partial charge in [-0.3, -0.25) is 9.67 Å². The molecule has 0 bridgehead atoms. The molecule has 5 heteroatoms. The van der Waals surface area contributed by atoms with E-state index in [4.69, 9.17) is 0 Å². The van der Waals surface area contributed by atoms with Crippen LogP contribution in [0, 0.1) is 5.82 Å². The van der Waals surface area contributed by atoms with Gasteiger partial charge in [-0.25, -0.2) is 4.39 Å². The Labute approximate surface area is 129 Å². The molecule has 1 aromatic carbocycles. The summed E-state index contributed by atoms with van der Waals surface area (Å²) >= 11 is 0. The first-order chi connectivity index (χ1) is 10.6. The summed E-state index contributed by atoms with van der Waals surface area (Å²) < 4.78 is 15.7. The number of hydrogen-bond acceptors (Lipinski definition) is 3. The number of nitrogens with one attached hydrogen (secondary N) is 1. The van der Waals surface area contributed by atoms with E-state index in [1.54, 1.807) is 18.5 Å². The first kappa shape index (κ1) is 14.7. The second-order valence-corrected chi connectivity index (χ2v) is 5.54. The van der Waals surface area contributed by atoms with E-state index in [-0.39, 0.29) is 17.9 Å². The molecule has 0 aliphatic rings. The highest BCUT2D eigenvalue weighted by molar-refractivity contribution is 5.81. The number of nitrogens with zero attached hydrogens (tertiary/aromatic N) is 3. The van der Waals surface area contributed by atoms with E-state index in [1.807, 2.05) is 29.1 Å². The van der Waals surface area contributed by atoms with Gasteiger partial charge >= 0.3 is 0 Å². The van der Waals surface area contributed by atoms with E-state index in [0.717, 1.165) is 16.5 Å². The molecule has 0 aliphatic carbocycles. The number of halogens is 1. The molecular formula is C17H19FN4. The number of hydrogen-bond donors (Lipinski definition) is 1. The predicted octanol–water partition coefficient (Wildman–Crippen LogP) is 3.31. The van der Waals surface area contributed by atoms with Crippen molar-refractivity contribution in [3.63, 3.8) is 0 Å².